The maximum Gasteiger partial charge on any atom is 0.194 e. The molecular weight excluding hydrogens is 340 g/mol. The fourth-order valence-electron chi connectivity index (χ4n) is 3.22. The second kappa shape index (κ2) is 9.72. The molecule has 26 heavy (non-hydrogen) atoms. The molecule has 2 nitrogen and oxygen atoms in total. The van der Waals surface area contributed by atoms with Crippen molar-refractivity contribution in [2.24, 2.45) is 5.41 Å². The predicted octanol–water partition coefficient (Wildman–Crippen LogP) is 6.18. The summed E-state index contributed by atoms with van der Waals surface area (Å²) in [4.78, 5) is 25.8. The molecule has 0 saturated carbocycles. The van der Waals surface area contributed by atoms with Crippen molar-refractivity contribution in [2.45, 2.75) is 56.6 Å². The normalized spacial score (nSPS) is 14.4. The number of carbonyl (C=O) groups excluding carboxylic acids is 2. The molecule has 0 heterocycles. The number of rotatable bonds is 10. The van der Waals surface area contributed by atoms with Crippen molar-refractivity contribution in [1.82, 2.24) is 0 Å². The van der Waals surface area contributed by atoms with E-state index in [9.17, 15) is 9.59 Å². The topological polar surface area (TPSA) is 34.1 Å². The molecule has 2 aromatic rings. The van der Waals surface area contributed by atoms with Crippen molar-refractivity contribution >= 4 is 23.8 Å². The van der Waals surface area contributed by atoms with Crippen LogP contribution < -0.4 is 0 Å². The molecule has 0 N–H and O–H groups in total. The summed E-state index contributed by atoms with van der Waals surface area (Å²) in [6.45, 7) is 6.35. The van der Waals surface area contributed by atoms with E-state index in [2.05, 4.69) is 20.8 Å². The molecule has 0 aliphatic heterocycles. The van der Waals surface area contributed by atoms with Crippen molar-refractivity contribution < 1.29 is 9.59 Å². The van der Waals surface area contributed by atoms with Crippen LogP contribution in [0.3, 0.4) is 0 Å². The van der Waals surface area contributed by atoms with Gasteiger partial charge in [-0.05, 0) is 25.0 Å². The molecule has 0 aliphatic rings. The van der Waals surface area contributed by atoms with Gasteiger partial charge in [-0.2, -0.15) is 0 Å². The lowest BCUT2D eigenvalue weighted by Gasteiger charge is -2.33. The second-order valence-electron chi connectivity index (χ2n) is 6.76. The number of hydrogen-bond acceptors (Lipinski definition) is 3. The molecule has 0 bridgehead atoms. The highest BCUT2D eigenvalue weighted by Gasteiger charge is 2.35. The molecule has 0 amide bonds. The van der Waals surface area contributed by atoms with Gasteiger partial charge >= 0.3 is 0 Å². The highest BCUT2D eigenvalue weighted by molar-refractivity contribution is 8.00. The molecule has 2 atom stereocenters. The van der Waals surface area contributed by atoms with Crippen LogP contribution >= 0.6 is 11.8 Å². The van der Waals surface area contributed by atoms with Gasteiger partial charge in [-0.25, -0.2) is 0 Å². The van der Waals surface area contributed by atoms with E-state index in [1.54, 1.807) is 11.8 Å². The van der Waals surface area contributed by atoms with Crippen molar-refractivity contribution in [1.29, 1.82) is 0 Å². The Kier molecular flexibility index (Phi) is 7.65. The lowest BCUT2D eigenvalue weighted by atomic mass is 9.79. The highest BCUT2D eigenvalue weighted by Crippen LogP contribution is 2.41. The van der Waals surface area contributed by atoms with Crippen molar-refractivity contribution in [3.05, 3.63) is 65.7 Å². The minimum Gasteiger partial charge on any atom is -0.303 e. The Bertz CT molecular complexity index is 726. The lowest BCUT2D eigenvalue weighted by molar-refractivity contribution is -0.116. The molecule has 0 fully saturated rings. The van der Waals surface area contributed by atoms with Gasteiger partial charge in [0.1, 0.15) is 6.29 Å². The number of aldehydes is 1. The van der Waals surface area contributed by atoms with Crippen LogP contribution in [0, 0.1) is 5.41 Å². The van der Waals surface area contributed by atoms with Crippen molar-refractivity contribution in [2.75, 3.05) is 0 Å². The summed E-state index contributed by atoms with van der Waals surface area (Å²) in [6, 6.07) is 17.1. The maximum absolute atomic E-state index is 12.9. The van der Waals surface area contributed by atoms with Crippen LogP contribution in [0.15, 0.2) is 59.5 Å². The van der Waals surface area contributed by atoms with E-state index >= 15 is 0 Å². The summed E-state index contributed by atoms with van der Waals surface area (Å²) in [5.41, 5.74) is 1.06. The smallest absolute Gasteiger partial charge is 0.194 e. The third-order valence-corrected chi connectivity index (χ3v) is 6.60. The summed E-state index contributed by atoms with van der Waals surface area (Å²) >= 11 is 1.65. The monoisotopic (exact) mass is 368 g/mol. The van der Waals surface area contributed by atoms with Crippen LogP contribution in [-0.4, -0.2) is 17.3 Å². The first-order chi connectivity index (χ1) is 12.6. The van der Waals surface area contributed by atoms with E-state index < -0.39 is 0 Å². The van der Waals surface area contributed by atoms with Gasteiger partial charge in [0.2, 0.25) is 0 Å². The van der Waals surface area contributed by atoms with Crippen LogP contribution in [0.25, 0.3) is 0 Å². The average molecular weight is 369 g/mol. The van der Waals surface area contributed by atoms with Crippen LogP contribution in [0.4, 0.5) is 0 Å². The number of hydrogen-bond donors (Lipinski definition) is 0. The second-order valence-corrected chi connectivity index (χ2v) is 8.14. The molecule has 2 rings (SSSR count). The van der Waals surface area contributed by atoms with Gasteiger partial charge in [-0.15, -0.1) is 11.8 Å². The molecule has 0 aliphatic carbocycles. The molecular formula is C23H28O2S. The quantitative estimate of drug-likeness (QED) is 0.285. The average Bonchev–Trinajstić information content (AvgIpc) is 2.70. The summed E-state index contributed by atoms with van der Waals surface area (Å²) < 4.78 is 0. The van der Waals surface area contributed by atoms with Gasteiger partial charge < -0.3 is 4.79 Å². The largest absolute Gasteiger partial charge is 0.303 e. The first-order valence-corrected chi connectivity index (χ1v) is 10.3. The van der Waals surface area contributed by atoms with Gasteiger partial charge in [-0.3, -0.25) is 4.79 Å². The standard InChI is InChI=1S/C23H28O2S/c1-4-6-16-23(5-2,17-24)18(3)26-21-15-11-10-14-20(21)22(25)19-12-8-7-9-13-19/h7-15,17-18H,4-6,16H2,1-3H3. The van der Waals surface area contributed by atoms with Gasteiger partial charge in [0.15, 0.2) is 5.78 Å². The Labute approximate surface area is 161 Å². The zero-order chi connectivity index (χ0) is 19.0. The van der Waals surface area contributed by atoms with E-state index in [-0.39, 0.29) is 16.4 Å². The molecule has 2 aromatic carbocycles. The number of ketones is 1. The summed E-state index contributed by atoms with van der Waals surface area (Å²) in [6.07, 6.45) is 4.98. The van der Waals surface area contributed by atoms with Crippen LogP contribution in [0.2, 0.25) is 0 Å². The number of unbranched alkanes of at least 4 members (excludes halogenated alkanes) is 1. The molecule has 2 unspecified atom stereocenters. The number of benzene rings is 2. The Morgan fingerprint density at radius 3 is 2.35 bits per heavy atom. The summed E-state index contributed by atoms with van der Waals surface area (Å²) in [5.74, 6) is 0.0302. The predicted molar refractivity (Wildman–Crippen MR) is 110 cm³/mol. The van der Waals surface area contributed by atoms with Crippen LogP contribution in [0.1, 0.15) is 62.4 Å². The third-order valence-electron chi connectivity index (χ3n) is 5.17. The lowest BCUT2D eigenvalue weighted by Crippen LogP contribution is -2.32. The van der Waals surface area contributed by atoms with Gasteiger partial charge in [0, 0.05) is 26.7 Å². The van der Waals surface area contributed by atoms with Gasteiger partial charge in [-0.1, -0.05) is 76.1 Å². The Hall–Kier alpha value is -1.87. The van der Waals surface area contributed by atoms with Gasteiger partial charge in [0.25, 0.3) is 0 Å². The molecule has 3 heteroatoms. The molecule has 0 saturated heterocycles. The Morgan fingerprint density at radius 1 is 1.08 bits per heavy atom. The Balaban J connectivity index is 2.29. The third kappa shape index (κ3) is 4.64. The first kappa shape index (κ1) is 20.4. The van der Waals surface area contributed by atoms with Crippen molar-refractivity contribution in [3.63, 3.8) is 0 Å². The van der Waals surface area contributed by atoms with Crippen molar-refractivity contribution in [3.8, 4) is 0 Å². The summed E-state index contributed by atoms with van der Waals surface area (Å²) in [5, 5.41) is 0.112. The number of thioether (sulfide) groups is 1. The molecule has 138 valence electrons. The van der Waals surface area contributed by atoms with E-state index in [0.29, 0.717) is 11.1 Å². The molecule has 0 radical (unpaired) electrons. The minimum absolute atomic E-state index is 0.0302. The fourth-order valence-corrected chi connectivity index (χ4v) is 4.62. The van der Waals surface area contributed by atoms with Crippen LogP contribution in [-0.2, 0) is 4.79 Å². The van der Waals surface area contributed by atoms with E-state index in [0.717, 1.165) is 36.9 Å². The zero-order valence-electron chi connectivity index (χ0n) is 15.9. The molecule has 0 spiro atoms. The first-order valence-electron chi connectivity index (χ1n) is 9.39. The minimum atomic E-state index is -0.344. The zero-order valence-corrected chi connectivity index (χ0v) is 16.7. The summed E-state index contributed by atoms with van der Waals surface area (Å²) in [7, 11) is 0. The van der Waals surface area contributed by atoms with E-state index in [1.165, 1.54) is 0 Å². The van der Waals surface area contributed by atoms with E-state index in [1.807, 2.05) is 54.6 Å². The Morgan fingerprint density at radius 2 is 1.73 bits per heavy atom. The maximum atomic E-state index is 12.9. The SMILES string of the molecule is CCCCC(C=O)(CC)C(C)Sc1ccccc1C(=O)c1ccccc1. The van der Waals surface area contributed by atoms with Gasteiger partial charge in [0.05, 0.1) is 0 Å². The van der Waals surface area contributed by atoms with Crippen LogP contribution in [0.5, 0.6) is 0 Å². The van der Waals surface area contributed by atoms with E-state index in [4.69, 9.17) is 0 Å². The fraction of sp³-hybridized carbons (Fsp3) is 0.391. The highest BCUT2D eigenvalue weighted by atomic mass is 32.2. The number of carbonyl (C=O) groups is 2. The molecule has 0 aromatic heterocycles.